The number of benzene rings is 1. The van der Waals surface area contributed by atoms with Crippen LogP contribution in [0.4, 0.5) is 26.3 Å². The topological polar surface area (TPSA) is 66.8 Å². The number of hydrogen-bond donors (Lipinski definition) is 2. The summed E-state index contributed by atoms with van der Waals surface area (Å²) in [6.07, 6.45) is -11.4. The summed E-state index contributed by atoms with van der Waals surface area (Å²) in [7, 11) is 0. The van der Waals surface area contributed by atoms with Gasteiger partial charge in [-0.05, 0) is 45.1 Å². The Kier molecular flexibility index (Phi) is 6.10. The van der Waals surface area contributed by atoms with Crippen LogP contribution in [0.15, 0.2) is 36.4 Å². The van der Waals surface area contributed by atoms with Crippen molar-refractivity contribution in [1.29, 1.82) is 0 Å². The van der Waals surface area contributed by atoms with Crippen molar-refractivity contribution in [2.75, 3.05) is 0 Å². The molecular formula is C20H22F6O4. The number of ether oxygens (including phenoxy) is 1. The minimum absolute atomic E-state index is 0.0646. The summed E-state index contributed by atoms with van der Waals surface area (Å²) in [5.41, 5.74) is -8.52. The van der Waals surface area contributed by atoms with Crippen molar-refractivity contribution in [3.63, 3.8) is 0 Å². The van der Waals surface area contributed by atoms with E-state index in [0.29, 0.717) is 12.1 Å². The third-order valence-electron chi connectivity index (χ3n) is 5.48. The van der Waals surface area contributed by atoms with Gasteiger partial charge in [0, 0.05) is 11.1 Å². The molecule has 30 heavy (non-hydrogen) atoms. The van der Waals surface area contributed by atoms with Crippen LogP contribution in [0.2, 0.25) is 0 Å². The molecule has 0 aliphatic heterocycles. The van der Waals surface area contributed by atoms with Gasteiger partial charge in [-0.15, -0.1) is 0 Å². The van der Waals surface area contributed by atoms with Crippen LogP contribution in [0.5, 0.6) is 0 Å². The molecule has 1 fully saturated rings. The van der Waals surface area contributed by atoms with Crippen LogP contribution >= 0.6 is 0 Å². The lowest BCUT2D eigenvalue weighted by atomic mass is 9.73. The summed E-state index contributed by atoms with van der Waals surface area (Å²) in [6, 6.07) is 2.87. The van der Waals surface area contributed by atoms with Gasteiger partial charge in [-0.1, -0.05) is 30.8 Å². The number of hydrogen-bond acceptors (Lipinski definition) is 4. The number of carbonyl (C=O) groups excluding carboxylic acids is 1. The highest BCUT2D eigenvalue weighted by atomic mass is 19.4. The predicted octanol–water partition coefficient (Wildman–Crippen LogP) is 4.64. The standard InChI is InChI=1S/C20H22F6O4/c1-12(2)15(27)30-16(3)8-10-17(28,11-9-16)13-4-6-14(7-5-13)18(29,19(21,22)23)20(24,25)26/h4-7,28-29H,1,8-11H2,2-3H3. The summed E-state index contributed by atoms with van der Waals surface area (Å²) in [6.45, 7) is 6.64. The molecule has 168 valence electrons. The first-order valence-electron chi connectivity index (χ1n) is 9.03. The van der Waals surface area contributed by atoms with E-state index in [4.69, 9.17) is 4.74 Å². The van der Waals surface area contributed by atoms with E-state index >= 15 is 0 Å². The highest BCUT2D eigenvalue weighted by Crippen LogP contribution is 2.50. The highest BCUT2D eigenvalue weighted by molar-refractivity contribution is 5.87. The molecule has 1 aliphatic rings. The lowest BCUT2D eigenvalue weighted by molar-refractivity contribution is -0.376. The monoisotopic (exact) mass is 440 g/mol. The Labute approximate surface area is 169 Å². The van der Waals surface area contributed by atoms with Crippen molar-refractivity contribution < 1.29 is 46.1 Å². The van der Waals surface area contributed by atoms with Gasteiger partial charge in [0.05, 0.1) is 5.60 Å². The van der Waals surface area contributed by atoms with E-state index < -0.39 is 40.7 Å². The molecule has 0 saturated heterocycles. The van der Waals surface area contributed by atoms with Crippen molar-refractivity contribution >= 4 is 5.97 Å². The minimum atomic E-state index is -5.98. The Morgan fingerprint density at radius 2 is 1.43 bits per heavy atom. The van der Waals surface area contributed by atoms with Gasteiger partial charge in [0.25, 0.3) is 5.60 Å². The number of halogens is 6. The fourth-order valence-electron chi connectivity index (χ4n) is 3.40. The molecule has 10 heteroatoms. The SMILES string of the molecule is C=C(C)C(=O)OC1(C)CCC(O)(c2ccc(C(O)(C(F)(F)F)C(F)(F)F)cc2)CC1. The molecule has 0 amide bonds. The zero-order chi connectivity index (χ0) is 23.2. The Hall–Kier alpha value is -2.07. The molecule has 1 saturated carbocycles. The molecule has 0 aromatic heterocycles. The molecule has 0 heterocycles. The average molecular weight is 440 g/mol. The van der Waals surface area contributed by atoms with E-state index in [-0.39, 0.29) is 36.8 Å². The maximum atomic E-state index is 13.0. The van der Waals surface area contributed by atoms with Crippen molar-refractivity contribution in [2.24, 2.45) is 0 Å². The first kappa shape index (κ1) is 24.2. The van der Waals surface area contributed by atoms with E-state index in [9.17, 15) is 41.4 Å². The number of esters is 1. The van der Waals surface area contributed by atoms with Gasteiger partial charge in [0.1, 0.15) is 5.60 Å². The third kappa shape index (κ3) is 4.34. The van der Waals surface area contributed by atoms with Gasteiger partial charge in [-0.3, -0.25) is 0 Å². The molecule has 2 rings (SSSR count). The summed E-state index contributed by atoms with van der Waals surface area (Å²) in [4.78, 5) is 11.7. The quantitative estimate of drug-likeness (QED) is 0.407. The van der Waals surface area contributed by atoms with E-state index in [1.165, 1.54) is 6.92 Å². The Balaban J connectivity index is 2.25. The third-order valence-corrected chi connectivity index (χ3v) is 5.48. The number of aliphatic hydroxyl groups is 2. The first-order valence-corrected chi connectivity index (χ1v) is 9.03. The first-order chi connectivity index (χ1) is 13.5. The van der Waals surface area contributed by atoms with E-state index in [1.807, 2.05) is 0 Å². The van der Waals surface area contributed by atoms with Crippen LogP contribution in [0.1, 0.15) is 50.7 Å². The molecule has 0 atom stereocenters. The van der Waals surface area contributed by atoms with Crippen molar-refractivity contribution in [3.05, 3.63) is 47.5 Å². The molecule has 0 bridgehead atoms. The van der Waals surface area contributed by atoms with Crippen LogP contribution in [-0.2, 0) is 20.7 Å². The summed E-state index contributed by atoms with van der Waals surface area (Å²) in [5, 5.41) is 20.3. The molecular weight excluding hydrogens is 418 g/mol. The van der Waals surface area contributed by atoms with Gasteiger partial charge >= 0.3 is 18.3 Å². The van der Waals surface area contributed by atoms with Crippen molar-refractivity contribution in [3.8, 4) is 0 Å². The zero-order valence-electron chi connectivity index (χ0n) is 16.3. The Morgan fingerprint density at radius 3 is 1.80 bits per heavy atom. The van der Waals surface area contributed by atoms with Crippen LogP contribution in [0, 0.1) is 0 Å². The molecule has 2 N–H and O–H groups in total. The van der Waals surface area contributed by atoms with Gasteiger partial charge in [-0.25, -0.2) is 4.79 Å². The molecule has 1 aromatic rings. The van der Waals surface area contributed by atoms with Gasteiger partial charge in [-0.2, -0.15) is 26.3 Å². The molecule has 0 unspecified atom stereocenters. The van der Waals surface area contributed by atoms with Crippen LogP contribution in [0.3, 0.4) is 0 Å². The van der Waals surface area contributed by atoms with Gasteiger partial charge in [0.2, 0.25) is 0 Å². The molecule has 4 nitrogen and oxygen atoms in total. The largest absolute Gasteiger partial charge is 0.456 e. The Morgan fingerprint density at radius 1 is 1.00 bits per heavy atom. The smallest absolute Gasteiger partial charge is 0.430 e. The molecule has 1 aliphatic carbocycles. The second kappa shape index (κ2) is 7.56. The summed E-state index contributed by atoms with van der Waals surface area (Å²) < 4.78 is 83.4. The number of alkyl halides is 6. The summed E-state index contributed by atoms with van der Waals surface area (Å²) in [5.74, 6) is -0.592. The molecule has 0 spiro atoms. The molecule has 0 radical (unpaired) electrons. The fourth-order valence-corrected chi connectivity index (χ4v) is 3.40. The van der Waals surface area contributed by atoms with Gasteiger partial charge in [0.15, 0.2) is 0 Å². The maximum absolute atomic E-state index is 13.0. The van der Waals surface area contributed by atoms with E-state index in [1.54, 1.807) is 6.92 Å². The van der Waals surface area contributed by atoms with Crippen LogP contribution < -0.4 is 0 Å². The zero-order valence-corrected chi connectivity index (χ0v) is 16.3. The van der Waals surface area contributed by atoms with E-state index in [0.717, 1.165) is 12.1 Å². The van der Waals surface area contributed by atoms with Crippen molar-refractivity contribution in [2.45, 2.75) is 68.7 Å². The summed E-state index contributed by atoms with van der Waals surface area (Å²) >= 11 is 0. The van der Waals surface area contributed by atoms with E-state index in [2.05, 4.69) is 6.58 Å². The number of rotatable bonds is 4. The molecule has 1 aromatic carbocycles. The van der Waals surface area contributed by atoms with Gasteiger partial charge < -0.3 is 14.9 Å². The number of carbonyl (C=O) groups is 1. The lowest BCUT2D eigenvalue weighted by Gasteiger charge is -2.42. The maximum Gasteiger partial charge on any atom is 0.430 e. The Bertz CT molecular complexity index is 788. The van der Waals surface area contributed by atoms with Crippen molar-refractivity contribution in [1.82, 2.24) is 0 Å². The minimum Gasteiger partial charge on any atom is -0.456 e. The van der Waals surface area contributed by atoms with Crippen LogP contribution in [0.25, 0.3) is 0 Å². The normalized spacial score (nSPS) is 25.7. The van der Waals surface area contributed by atoms with Crippen LogP contribution in [-0.4, -0.2) is 34.1 Å². The average Bonchev–Trinajstić information content (AvgIpc) is 2.62. The second-order valence-electron chi connectivity index (χ2n) is 7.93. The fraction of sp³-hybridized carbons (Fsp3) is 0.550. The lowest BCUT2D eigenvalue weighted by Crippen LogP contribution is -2.53. The second-order valence-corrected chi connectivity index (χ2v) is 7.93. The predicted molar refractivity (Wildman–Crippen MR) is 94.1 cm³/mol. The highest BCUT2D eigenvalue weighted by Gasteiger charge is 2.71.